The number of rotatable bonds is 5. The maximum Gasteiger partial charge on any atom is 0.154 e. The number of aromatic nitrogens is 5. The molecule has 2 unspecified atom stereocenters. The van der Waals surface area contributed by atoms with Crippen LogP contribution in [0.4, 0.5) is 0 Å². The van der Waals surface area contributed by atoms with E-state index in [-0.39, 0.29) is 5.69 Å². The van der Waals surface area contributed by atoms with Gasteiger partial charge in [-0.2, -0.15) is 5.26 Å². The summed E-state index contributed by atoms with van der Waals surface area (Å²) in [5, 5.41) is 51.0. The van der Waals surface area contributed by atoms with Crippen molar-refractivity contribution < 1.29 is 20.1 Å². The summed E-state index contributed by atoms with van der Waals surface area (Å²) in [5.41, 5.74) is -0.185. The van der Waals surface area contributed by atoms with Gasteiger partial charge >= 0.3 is 0 Å². The molecule has 10 nitrogen and oxygen atoms in total. The lowest BCUT2D eigenvalue weighted by Crippen LogP contribution is -2.55. The molecule has 1 aliphatic heterocycles. The van der Waals surface area contributed by atoms with Gasteiger partial charge in [0.15, 0.2) is 5.69 Å². The van der Waals surface area contributed by atoms with Crippen LogP contribution < -0.4 is 0 Å². The molecule has 0 aromatic carbocycles. The van der Waals surface area contributed by atoms with Crippen molar-refractivity contribution in [2.75, 3.05) is 6.61 Å². The maximum absolute atomic E-state index is 11.0. The zero-order chi connectivity index (χ0) is 22.1. The largest absolute Gasteiger partial charge is 0.394 e. The van der Waals surface area contributed by atoms with Crippen LogP contribution in [-0.2, 0) is 4.74 Å². The first kappa shape index (κ1) is 22.6. The van der Waals surface area contributed by atoms with Gasteiger partial charge < -0.3 is 20.1 Å². The monoisotopic (exact) mass is 544 g/mol. The normalized spacial score (nSPS) is 26.0. The van der Waals surface area contributed by atoms with E-state index < -0.39 is 36.4 Å². The molecule has 3 N–H and O–H groups in total. The van der Waals surface area contributed by atoms with E-state index in [0.29, 0.717) is 25.2 Å². The third-order valence-electron chi connectivity index (χ3n) is 4.53. The molecule has 3 aromatic rings. The molecular weight excluding hydrogens is 532 g/mol. The van der Waals surface area contributed by atoms with E-state index in [9.17, 15) is 15.3 Å². The molecule has 0 amide bonds. The summed E-state index contributed by atoms with van der Waals surface area (Å²) in [6.45, 7) is -0.458. The first-order chi connectivity index (χ1) is 14.9. The molecule has 1 aliphatic rings. The SMILES string of the molecule is N#Cc1ncc(S[C@H]2OC(CO)[C@H](O)C(n3cc(-c4nc(Cl)cs4)nn3)[C@@H]2O)cc1Br. The quantitative estimate of drug-likeness (QED) is 0.433. The number of nitrogens with zero attached hydrogens (tertiary/aromatic N) is 6. The van der Waals surface area contributed by atoms with E-state index in [1.807, 2.05) is 6.07 Å². The Morgan fingerprint density at radius 1 is 1.39 bits per heavy atom. The number of pyridine rings is 1. The van der Waals surface area contributed by atoms with Gasteiger partial charge in [0.2, 0.25) is 0 Å². The molecule has 5 atom stereocenters. The third kappa shape index (κ3) is 4.62. The van der Waals surface area contributed by atoms with Crippen LogP contribution in [0.5, 0.6) is 0 Å². The predicted octanol–water partition coefficient (Wildman–Crippen LogP) is 1.86. The average molecular weight is 546 g/mol. The maximum atomic E-state index is 11.0. The zero-order valence-corrected chi connectivity index (χ0v) is 19.4. The third-order valence-corrected chi connectivity index (χ3v) is 7.44. The van der Waals surface area contributed by atoms with Crippen molar-refractivity contribution in [1.82, 2.24) is 25.0 Å². The number of ether oxygens (including phenoxy) is 1. The van der Waals surface area contributed by atoms with Crippen molar-refractivity contribution in [3.05, 3.63) is 39.2 Å². The van der Waals surface area contributed by atoms with Gasteiger partial charge in [0, 0.05) is 16.5 Å². The number of hydrogen-bond donors (Lipinski definition) is 3. The Morgan fingerprint density at radius 3 is 2.84 bits per heavy atom. The highest BCUT2D eigenvalue weighted by molar-refractivity contribution is 9.10. The first-order valence-corrected chi connectivity index (χ1v) is 11.7. The molecule has 0 aliphatic carbocycles. The molecule has 0 saturated carbocycles. The minimum atomic E-state index is -1.24. The molecule has 1 fully saturated rings. The summed E-state index contributed by atoms with van der Waals surface area (Å²) in [4.78, 5) is 8.81. The summed E-state index contributed by atoms with van der Waals surface area (Å²) in [5.74, 6) is 0. The summed E-state index contributed by atoms with van der Waals surface area (Å²) in [6.07, 6.45) is -0.364. The van der Waals surface area contributed by atoms with Gasteiger partial charge in [0.25, 0.3) is 0 Å². The lowest BCUT2D eigenvalue weighted by Gasteiger charge is -2.41. The van der Waals surface area contributed by atoms with Crippen LogP contribution in [0.1, 0.15) is 11.7 Å². The highest BCUT2D eigenvalue weighted by atomic mass is 79.9. The first-order valence-electron chi connectivity index (χ1n) is 8.79. The minimum Gasteiger partial charge on any atom is -0.394 e. The standard InChI is InChI=1S/C17H14BrClN6O4S2/c18-8-1-7(3-21-9(8)2-20)31-17-15(28)13(14(27)11(5-26)29-17)25-4-10(23-24-25)16-22-12(19)6-30-16/h1,3-4,6,11,13-15,17,26-28H,5H2/t11?,13?,14-,15-,17+/m0/s1. The Labute approximate surface area is 197 Å². The molecule has 162 valence electrons. The van der Waals surface area contributed by atoms with E-state index in [4.69, 9.17) is 21.6 Å². The van der Waals surface area contributed by atoms with Gasteiger partial charge in [-0.25, -0.2) is 14.6 Å². The van der Waals surface area contributed by atoms with E-state index in [2.05, 4.69) is 36.2 Å². The van der Waals surface area contributed by atoms with Crippen LogP contribution in [0.3, 0.4) is 0 Å². The molecule has 1 saturated heterocycles. The fourth-order valence-corrected chi connectivity index (χ4v) is 5.62. The summed E-state index contributed by atoms with van der Waals surface area (Å²) in [7, 11) is 0. The van der Waals surface area contributed by atoms with Gasteiger partial charge in [-0.15, -0.1) is 16.4 Å². The average Bonchev–Trinajstić information content (AvgIpc) is 3.39. The van der Waals surface area contributed by atoms with Gasteiger partial charge in [0.1, 0.15) is 51.7 Å². The second-order valence-electron chi connectivity index (χ2n) is 6.49. The number of aliphatic hydroxyl groups is 3. The van der Waals surface area contributed by atoms with Crippen molar-refractivity contribution >= 4 is 50.6 Å². The number of nitriles is 1. The van der Waals surface area contributed by atoms with E-state index in [1.54, 1.807) is 17.6 Å². The van der Waals surface area contributed by atoms with Crippen molar-refractivity contribution in [2.24, 2.45) is 0 Å². The lowest BCUT2D eigenvalue weighted by molar-refractivity contribution is -0.178. The number of aliphatic hydroxyl groups excluding tert-OH is 3. The fourth-order valence-electron chi connectivity index (χ4n) is 3.07. The molecule has 14 heteroatoms. The van der Waals surface area contributed by atoms with Crippen LogP contribution in [0.15, 0.2) is 33.2 Å². The van der Waals surface area contributed by atoms with Gasteiger partial charge in [-0.1, -0.05) is 28.6 Å². The van der Waals surface area contributed by atoms with Crippen molar-refractivity contribution in [2.45, 2.75) is 34.7 Å². The molecule has 31 heavy (non-hydrogen) atoms. The summed E-state index contributed by atoms with van der Waals surface area (Å²) >= 11 is 11.6. The summed E-state index contributed by atoms with van der Waals surface area (Å²) in [6, 6.07) is 2.70. The van der Waals surface area contributed by atoms with E-state index in [1.165, 1.54) is 22.2 Å². The Hall–Kier alpha value is -1.63. The molecular formula is C17H14BrClN6O4S2. The Balaban J connectivity index is 1.60. The number of hydrogen-bond acceptors (Lipinski definition) is 11. The number of halogens is 2. The Bertz CT molecular complexity index is 1120. The number of thiazole rings is 1. The van der Waals surface area contributed by atoms with Crippen molar-refractivity contribution in [3.8, 4) is 16.8 Å². The van der Waals surface area contributed by atoms with Gasteiger partial charge in [-0.3, -0.25) is 0 Å². The molecule has 0 radical (unpaired) electrons. The minimum absolute atomic E-state index is 0.230. The second kappa shape index (κ2) is 9.47. The lowest BCUT2D eigenvalue weighted by atomic mass is 9.97. The summed E-state index contributed by atoms with van der Waals surface area (Å²) < 4.78 is 7.56. The highest BCUT2D eigenvalue weighted by Crippen LogP contribution is 2.39. The smallest absolute Gasteiger partial charge is 0.154 e. The highest BCUT2D eigenvalue weighted by Gasteiger charge is 2.46. The van der Waals surface area contributed by atoms with Crippen molar-refractivity contribution in [3.63, 3.8) is 0 Å². The molecule has 4 heterocycles. The van der Waals surface area contributed by atoms with Crippen molar-refractivity contribution in [1.29, 1.82) is 5.26 Å². The number of thioether (sulfide) groups is 1. The Kier molecular flexibility index (Phi) is 6.89. The predicted molar refractivity (Wildman–Crippen MR) is 115 cm³/mol. The second-order valence-corrected chi connectivity index (χ2v) is 9.76. The zero-order valence-electron chi connectivity index (χ0n) is 15.4. The van der Waals surface area contributed by atoms with Crippen LogP contribution in [0.2, 0.25) is 5.15 Å². The molecule has 0 bridgehead atoms. The van der Waals surface area contributed by atoms with Crippen LogP contribution in [-0.4, -0.2) is 70.6 Å². The molecule has 0 spiro atoms. The van der Waals surface area contributed by atoms with E-state index >= 15 is 0 Å². The molecule has 3 aromatic heterocycles. The van der Waals surface area contributed by atoms with Crippen LogP contribution in [0, 0.1) is 11.3 Å². The van der Waals surface area contributed by atoms with Crippen LogP contribution >= 0.6 is 50.6 Å². The Morgan fingerprint density at radius 2 is 2.19 bits per heavy atom. The molecule has 4 rings (SSSR count). The van der Waals surface area contributed by atoms with Gasteiger partial charge in [0.05, 0.1) is 17.3 Å². The van der Waals surface area contributed by atoms with Crippen LogP contribution in [0.25, 0.3) is 10.7 Å². The fraction of sp³-hybridized carbons (Fsp3) is 0.353. The van der Waals surface area contributed by atoms with Gasteiger partial charge in [-0.05, 0) is 22.0 Å². The van der Waals surface area contributed by atoms with E-state index in [0.717, 1.165) is 11.8 Å². The topological polar surface area (TPSA) is 150 Å².